The van der Waals surface area contributed by atoms with Crippen LogP contribution in [-0.4, -0.2) is 22.5 Å². The van der Waals surface area contributed by atoms with Crippen LogP contribution in [0.2, 0.25) is 0 Å². The van der Waals surface area contributed by atoms with Crippen LogP contribution in [0.15, 0.2) is 0 Å². The van der Waals surface area contributed by atoms with Crippen LogP contribution in [0.25, 0.3) is 0 Å². The fourth-order valence-corrected chi connectivity index (χ4v) is 0.762. The van der Waals surface area contributed by atoms with Gasteiger partial charge in [0, 0.05) is 6.54 Å². The molecule has 0 aromatic heterocycles. The number of unbranched alkanes of at least 4 members (excludes halogenated alkanes) is 1. The molecule has 3 heteroatoms. The molecule has 0 fully saturated rings. The van der Waals surface area contributed by atoms with Crippen LogP contribution < -0.4 is 5.48 Å². The van der Waals surface area contributed by atoms with Crippen molar-refractivity contribution in [1.29, 1.82) is 0 Å². The lowest BCUT2D eigenvalue weighted by Gasteiger charge is -2.15. The van der Waals surface area contributed by atoms with Gasteiger partial charge in [-0.15, -0.1) is 0 Å². The molecule has 0 aliphatic carbocycles. The van der Waals surface area contributed by atoms with E-state index < -0.39 is 5.60 Å². The molecule has 3 N–H and O–H groups in total. The number of nitrogens with one attached hydrogen (secondary N) is 1. The van der Waals surface area contributed by atoms with E-state index in [1.165, 1.54) is 0 Å². The summed E-state index contributed by atoms with van der Waals surface area (Å²) in [5.41, 5.74) is 1.51. The molecule has 0 amide bonds. The summed E-state index contributed by atoms with van der Waals surface area (Å²) in [6, 6.07) is 0. The van der Waals surface area contributed by atoms with Gasteiger partial charge in [-0.1, -0.05) is 0 Å². The molecule has 0 radical (unpaired) electrons. The molecule has 10 heavy (non-hydrogen) atoms. The summed E-state index contributed by atoms with van der Waals surface area (Å²) >= 11 is 0. The fourth-order valence-electron chi connectivity index (χ4n) is 0.762. The molecule has 3 nitrogen and oxygen atoms in total. The van der Waals surface area contributed by atoms with E-state index in [-0.39, 0.29) is 0 Å². The molecule has 0 bridgehead atoms. The van der Waals surface area contributed by atoms with Gasteiger partial charge in [-0.3, -0.25) is 0 Å². The van der Waals surface area contributed by atoms with E-state index in [1.54, 1.807) is 13.8 Å². The zero-order valence-corrected chi connectivity index (χ0v) is 6.72. The van der Waals surface area contributed by atoms with Crippen molar-refractivity contribution in [3.05, 3.63) is 0 Å². The van der Waals surface area contributed by atoms with Gasteiger partial charge in [0.1, 0.15) is 0 Å². The standard InChI is InChI=1S/C7H17NO2/c1-7(2,9)5-3-4-6-8-10/h8-10H,3-6H2,1-2H3. The Kier molecular flexibility index (Phi) is 4.60. The van der Waals surface area contributed by atoms with Crippen molar-refractivity contribution in [2.45, 2.75) is 38.7 Å². The molecule has 0 heterocycles. The molecule has 0 unspecified atom stereocenters. The number of hydroxylamine groups is 1. The maximum absolute atomic E-state index is 9.23. The Morgan fingerprint density at radius 3 is 2.30 bits per heavy atom. The van der Waals surface area contributed by atoms with Crippen LogP contribution in [0.5, 0.6) is 0 Å². The normalized spacial score (nSPS) is 12.0. The number of hydrogen-bond acceptors (Lipinski definition) is 3. The highest BCUT2D eigenvalue weighted by Crippen LogP contribution is 2.10. The summed E-state index contributed by atoms with van der Waals surface area (Å²) in [6.45, 7) is 4.19. The number of aliphatic hydroxyl groups is 1. The van der Waals surface area contributed by atoms with E-state index in [0.29, 0.717) is 6.54 Å². The first-order valence-electron chi connectivity index (χ1n) is 3.65. The van der Waals surface area contributed by atoms with Crippen molar-refractivity contribution in [3.8, 4) is 0 Å². The van der Waals surface area contributed by atoms with Gasteiger partial charge in [0.05, 0.1) is 5.60 Å². The minimum Gasteiger partial charge on any atom is -0.390 e. The fraction of sp³-hybridized carbons (Fsp3) is 1.00. The van der Waals surface area contributed by atoms with E-state index in [4.69, 9.17) is 5.21 Å². The number of rotatable bonds is 5. The zero-order valence-electron chi connectivity index (χ0n) is 6.72. The summed E-state index contributed by atoms with van der Waals surface area (Å²) in [5, 5.41) is 17.4. The average molecular weight is 147 g/mol. The van der Waals surface area contributed by atoms with E-state index in [0.717, 1.165) is 19.3 Å². The molecular weight excluding hydrogens is 130 g/mol. The molecule has 0 aromatic carbocycles. The van der Waals surface area contributed by atoms with Gasteiger partial charge in [0.2, 0.25) is 0 Å². The van der Waals surface area contributed by atoms with Crippen molar-refractivity contribution in [2.75, 3.05) is 6.54 Å². The van der Waals surface area contributed by atoms with Crippen LogP contribution in [-0.2, 0) is 0 Å². The Hall–Kier alpha value is -0.120. The highest BCUT2D eigenvalue weighted by Gasteiger charge is 2.10. The maximum atomic E-state index is 9.23. The van der Waals surface area contributed by atoms with Gasteiger partial charge in [0.25, 0.3) is 0 Å². The lowest BCUT2D eigenvalue weighted by atomic mass is 10.0. The second kappa shape index (κ2) is 4.66. The van der Waals surface area contributed by atoms with Crippen molar-refractivity contribution < 1.29 is 10.3 Å². The monoisotopic (exact) mass is 147 g/mol. The molecule has 62 valence electrons. The van der Waals surface area contributed by atoms with Crippen molar-refractivity contribution in [1.82, 2.24) is 5.48 Å². The lowest BCUT2D eigenvalue weighted by Crippen LogP contribution is -2.19. The third kappa shape index (κ3) is 7.88. The summed E-state index contributed by atoms with van der Waals surface area (Å²) in [7, 11) is 0. The average Bonchev–Trinajstić information content (AvgIpc) is 1.78. The first kappa shape index (κ1) is 9.88. The predicted octanol–water partition coefficient (Wildman–Crippen LogP) is 0.906. The quantitative estimate of drug-likeness (QED) is 0.400. The lowest BCUT2D eigenvalue weighted by molar-refractivity contribution is 0.0667. The predicted molar refractivity (Wildman–Crippen MR) is 39.9 cm³/mol. The summed E-state index contributed by atoms with van der Waals surface area (Å²) in [6.07, 6.45) is 2.63. The molecule has 0 aliphatic rings. The summed E-state index contributed by atoms with van der Waals surface area (Å²) < 4.78 is 0. The summed E-state index contributed by atoms with van der Waals surface area (Å²) in [5.74, 6) is 0. The van der Waals surface area contributed by atoms with Crippen LogP contribution in [0.4, 0.5) is 0 Å². The minimum absolute atomic E-state index is 0.560. The second-order valence-electron chi connectivity index (χ2n) is 3.18. The van der Waals surface area contributed by atoms with Crippen LogP contribution in [0.3, 0.4) is 0 Å². The molecule has 0 aromatic rings. The van der Waals surface area contributed by atoms with Gasteiger partial charge < -0.3 is 10.3 Å². The molecule has 0 spiro atoms. The second-order valence-corrected chi connectivity index (χ2v) is 3.18. The first-order valence-corrected chi connectivity index (χ1v) is 3.65. The van der Waals surface area contributed by atoms with Crippen molar-refractivity contribution in [2.24, 2.45) is 0 Å². The molecule has 0 aliphatic heterocycles. The van der Waals surface area contributed by atoms with Crippen LogP contribution in [0.1, 0.15) is 33.1 Å². The van der Waals surface area contributed by atoms with Crippen molar-refractivity contribution >= 4 is 0 Å². The van der Waals surface area contributed by atoms with Gasteiger partial charge in [-0.2, -0.15) is 0 Å². The van der Waals surface area contributed by atoms with E-state index in [9.17, 15) is 5.11 Å². The SMILES string of the molecule is CC(C)(O)CCCCNO. The third-order valence-electron chi connectivity index (χ3n) is 1.33. The Labute approximate surface area is 62.0 Å². The van der Waals surface area contributed by atoms with Gasteiger partial charge in [0.15, 0.2) is 0 Å². The largest absolute Gasteiger partial charge is 0.390 e. The zero-order chi connectivity index (χ0) is 8.04. The number of hydrogen-bond donors (Lipinski definition) is 3. The van der Waals surface area contributed by atoms with Gasteiger partial charge in [-0.25, -0.2) is 5.48 Å². The Balaban J connectivity index is 3.04. The summed E-state index contributed by atoms with van der Waals surface area (Å²) in [4.78, 5) is 0. The molecule has 0 atom stereocenters. The van der Waals surface area contributed by atoms with Gasteiger partial charge in [-0.05, 0) is 33.1 Å². The topological polar surface area (TPSA) is 52.5 Å². The maximum Gasteiger partial charge on any atom is 0.0591 e. The Morgan fingerprint density at radius 1 is 1.30 bits per heavy atom. The van der Waals surface area contributed by atoms with E-state index in [1.807, 2.05) is 0 Å². The van der Waals surface area contributed by atoms with Crippen LogP contribution in [0, 0.1) is 0 Å². The minimum atomic E-state index is -0.560. The third-order valence-corrected chi connectivity index (χ3v) is 1.33. The van der Waals surface area contributed by atoms with E-state index in [2.05, 4.69) is 5.48 Å². The Bertz CT molecular complexity index is 78.2. The Morgan fingerprint density at radius 2 is 1.90 bits per heavy atom. The molecular formula is C7H17NO2. The van der Waals surface area contributed by atoms with Crippen molar-refractivity contribution in [3.63, 3.8) is 0 Å². The highest BCUT2D eigenvalue weighted by atomic mass is 16.5. The molecule has 0 rings (SSSR count). The molecule has 0 saturated heterocycles. The van der Waals surface area contributed by atoms with Gasteiger partial charge >= 0.3 is 0 Å². The van der Waals surface area contributed by atoms with E-state index >= 15 is 0 Å². The smallest absolute Gasteiger partial charge is 0.0591 e. The van der Waals surface area contributed by atoms with Crippen LogP contribution >= 0.6 is 0 Å². The highest BCUT2D eigenvalue weighted by molar-refractivity contribution is 4.64. The first-order chi connectivity index (χ1) is 4.56. The molecule has 0 saturated carbocycles.